The van der Waals surface area contributed by atoms with Crippen molar-refractivity contribution in [3.8, 4) is 11.5 Å². The van der Waals surface area contributed by atoms with Crippen molar-refractivity contribution < 1.29 is 13.9 Å². The summed E-state index contributed by atoms with van der Waals surface area (Å²) in [5.74, 6) is 0.810. The zero-order valence-electron chi connectivity index (χ0n) is 20.4. The summed E-state index contributed by atoms with van der Waals surface area (Å²) < 4.78 is 19.6. The Morgan fingerprint density at radius 1 is 0.971 bits per heavy atom. The Morgan fingerprint density at radius 2 is 1.80 bits per heavy atom. The van der Waals surface area contributed by atoms with Gasteiger partial charge in [0.15, 0.2) is 5.75 Å². The zero-order chi connectivity index (χ0) is 24.6. The van der Waals surface area contributed by atoms with Gasteiger partial charge in [0.05, 0.1) is 5.69 Å². The van der Waals surface area contributed by atoms with E-state index in [9.17, 15) is 9.18 Å². The number of halogens is 1. The molecule has 4 rings (SSSR count). The van der Waals surface area contributed by atoms with Crippen LogP contribution in [0, 0.1) is 19.7 Å². The van der Waals surface area contributed by atoms with Crippen molar-refractivity contribution in [2.45, 2.75) is 33.2 Å². The van der Waals surface area contributed by atoms with Crippen LogP contribution in [0.5, 0.6) is 11.5 Å². The number of nitrogens with one attached hydrogen (secondary N) is 3. The van der Waals surface area contributed by atoms with Gasteiger partial charge in [-0.1, -0.05) is 18.2 Å². The number of hydrogen-bond acceptors (Lipinski definition) is 4. The standard InChI is InChI=1S/C28H33FN4O2/c1-20-8-10-25(16-21(20)2)35-27-11-9-22(19-30-12-15-33-13-3-4-14-33)17-26(27)32-28(34)31-24-7-5-6-23(29)18-24/h5-11,16-18,30H,3-4,12-15,19H2,1-2H3,(H2,31,32,34). The summed E-state index contributed by atoms with van der Waals surface area (Å²) in [6.45, 7) is 9.07. The first-order chi connectivity index (χ1) is 17.0. The van der Waals surface area contributed by atoms with Crippen LogP contribution in [0.4, 0.5) is 20.6 Å². The van der Waals surface area contributed by atoms with Crippen molar-refractivity contribution in [3.05, 3.63) is 83.2 Å². The second-order valence-electron chi connectivity index (χ2n) is 8.99. The van der Waals surface area contributed by atoms with Gasteiger partial charge in [-0.3, -0.25) is 0 Å². The Morgan fingerprint density at radius 3 is 2.57 bits per heavy atom. The first-order valence-corrected chi connectivity index (χ1v) is 12.1. The lowest BCUT2D eigenvalue weighted by Crippen LogP contribution is -2.29. The van der Waals surface area contributed by atoms with E-state index in [0.29, 0.717) is 29.4 Å². The second-order valence-corrected chi connectivity index (χ2v) is 8.99. The highest BCUT2D eigenvalue weighted by molar-refractivity contribution is 6.00. The topological polar surface area (TPSA) is 65.6 Å². The van der Waals surface area contributed by atoms with Gasteiger partial charge >= 0.3 is 6.03 Å². The molecule has 0 bridgehead atoms. The molecule has 1 saturated heterocycles. The Balaban J connectivity index is 1.46. The molecule has 6 nitrogen and oxygen atoms in total. The van der Waals surface area contributed by atoms with Crippen LogP contribution in [0.15, 0.2) is 60.7 Å². The molecule has 0 spiro atoms. The smallest absolute Gasteiger partial charge is 0.323 e. The predicted molar refractivity (Wildman–Crippen MR) is 139 cm³/mol. The van der Waals surface area contributed by atoms with E-state index in [1.165, 1.54) is 43.6 Å². The summed E-state index contributed by atoms with van der Waals surface area (Å²) in [5, 5.41) is 9.03. The van der Waals surface area contributed by atoms with E-state index in [2.05, 4.69) is 20.9 Å². The molecule has 0 saturated carbocycles. The maximum atomic E-state index is 13.5. The molecule has 1 heterocycles. The Bertz CT molecular complexity index is 1160. The lowest BCUT2D eigenvalue weighted by molar-refractivity contribution is 0.262. The molecule has 3 N–H and O–H groups in total. The third kappa shape index (κ3) is 7.28. The highest BCUT2D eigenvalue weighted by atomic mass is 19.1. The van der Waals surface area contributed by atoms with Crippen LogP contribution in [0.2, 0.25) is 0 Å². The zero-order valence-corrected chi connectivity index (χ0v) is 20.4. The first kappa shape index (κ1) is 24.7. The molecular formula is C28H33FN4O2. The van der Waals surface area contributed by atoms with Crippen molar-refractivity contribution >= 4 is 17.4 Å². The van der Waals surface area contributed by atoms with E-state index in [-0.39, 0.29) is 0 Å². The Kier molecular flexibility index (Phi) is 8.34. The minimum absolute atomic E-state index is 0.374. The highest BCUT2D eigenvalue weighted by Gasteiger charge is 2.13. The molecule has 0 unspecified atom stereocenters. The Labute approximate surface area is 206 Å². The van der Waals surface area contributed by atoms with Crippen LogP contribution in [-0.4, -0.2) is 37.1 Å². The van der Waals surface area contributed by atoms with Gasteiger partial charge < -0.3 is 25.6 Å². The molecule has 35 heavy (non-hydrogen) atoms. The number of hydrogen-bond donors (Lipinski definition) is 3. The number of urea groups is 1. The fourth-order valence-electron chi connectivity index (χ4n) is 4.11. The number of aryl methyl sites for hydroxylation is 2. The van der Waals surface area contributed by atoms with Crippen LogP contribution >= 0.6 is 0 Å². The third-order valence-electron chi connectivity index (χ3n) is 6.21. The van der Waals surface area contributed by atoms with Gasteiger partial charge in [0.2, 0.25) is 0 Å². The van der Waals surface area contributed by atoms with E-state index in [1.807, 2.05) is 50.2 Å². The maximum Gasteiger partial charge on any atom is 0.323 e. The van der Waals surface area contributed by atoms with Gasteiger partial charge in [-0.2, -0.15) is 0 Å². The first-order valence-electron chi connectivity index (χ1n) is 12.1. The number of carbonyl (C=O) groups excluding carboxylic acids is 1. The Hall–Kier alpha value is -3.42. The van der Waals surface area contributed by atoms with Crippen molar-refractivity contribution in [1.29, 1.82) is 0 Å². The molecule has 1 aliphatic rings. The molecule has 2 amide bonds. The molecule has 1 aliphatic heterocycles. The number of rotatable bonds is 9. The summed E-state index contributed by atoms with van der Waals surface area (Å²) in [5.41, 5.74) is 4.25. The number of ether oxygens (including phenoxy) is 1. The minimum Gasteiger partial charge on any atom is -0.455 e. The molecule has 3 aromatic rings. The molecule has 0 radical (unpaired) electrons. The molecule has 0 aliphatic carbocycles. The van der Waals surface area contributed by atoms with Crippen molar-refractivity contribution in [3.63, 3.8) is 0 Å². The number of benzene rings is 3. The van der Waals surface area contributed by atoms with Crippen LogP contribution in [-0.2, 0) is 6.54 Å². The molecule has 0 atom stereocenters. The number of amides is 2. The quantitative estimate of drug-likeness (QED) is 0.328. The molecule has 3 aromatic carbocycles. The second kappa shape index (κ2) is 11.8. The van der Waals surface area contributed by atoms with Crippen molar-refractivity contribution in [1.82, 2.24) is 10.2 Å². The molecule has 7 heteroatoms. The fourth-order valence-corrected chi connectivity index (χ4v) is 4.11. The maximum absolute atomic E-state index is 13.5. The van der Waals surface area contributed by atoms with Crippen molar-refractivity contribution in [2.24, 2.45) is 0 Å². The monoisotopic (exact) mass is 476 g/mol. The van der Waals surface area contributed by atoms with E-state index in [4.69, 9.17) is 4.74 Å². The van der Waals surface area contributed by atoms with Gasteiger partial charge in [0, 0.05) is 25.3 Å². The van der Waals surface area contributed by atoms with E-state index in [1.54, 1.807) is 12.1 Å². The highest BCUT2D eigenvalue weighted by Crippen LogP contribution is 2.32. The number of anilines is 2. The largest absolute Gasteiger partial charge is 0.455 e. The molecular weight excluding hydrogens is 443 g/mol. The van der Waals surface area contributed by atoms with Crippen LogP contribution in [0.25, 0.3) is 0 Å². The lowest BCUT2D eigenvalue weighted by Gasteiger charge is -2.17. The van der Waals surface area contributed by atoms with Gasteiger partial charge in [-0.05, 0) is 98.9 Å². The summed E-state index contributed by atoms with van der Waals surface area (Å²) in [7, 11) is 0. The average Bonchev–Trinajstić information content (AvgIpc) is 3.34. The third-order valence-corrected chi connectivity index (χ3v) is 6.21. The minimum atomic E-state index is -0.473. The number of carbonyl (C=O) groups is 1. The average molecular weight is 477 g/mol. The normalized spacial score (nSPS) is 13.6. The molecule has 0 aromatic heterocycles. The van der Waals surface area contributed by atoms with E-state index in [0.717, 1.165) is 24.2 Å². The SMILES string of the molecule is Cc1ccc(Oc2ccc(CNCCN3CCCC3)cc2NC(=O)Nc2cccc(F)c2)cc1C. The number of likely N-dealkylation sites (tertiary alicyclic amines) is 1. The van der Waals surface area contributed by atoms with Gasteiger partial charge in [-0.15, -0.1) is 0 Å². The lowest BCUT2D eigenvalue weighted by atomic mass is 10.1. The van der Waals surface area contributed by atoms with Crippen LogP contribution in [0.3, 0.4) is 0 Å². The summed E-state index contributed by atoms with van der Waals surface area (Å²) in [4.78, 5) is 15.2. The summed E-state index contributed by atoms with van der Waals surface area (Å²) in [6, 6.07) is 17.0. The van der Waals surface area contributed by atoms with E-state index >= 15 is 0 Å². The molecule has 184 valence electrons. The van der Waals surface area contributed by atoms with Gasteiger partial charge in [-0.25, -0.2) is 9.18 Å². The van der Waals surface area contributed by atoms with Crippen LogP contribution < -0.4 is 20.7 Å². The number of nitrogens with zero attached hydrogens (tertiary/aromatic N) is 1. The fraction of sp³-hybridized carbons (Fsp3) is 0.321. The summed E-state index contributed by atoms with van der Waals surface area (Å²) >= 11 is 0. The van der Waals surface area contributed by atoms with Gasteiger partial charge in [0.25, 0.3) is 0 Å². The van der Waals surface area contributed by atoms with Gasteiger partial charge in [0.1, 0.15) is 11.6 Å². The van der Waals surface area contributed by atoms with Crippen molar-refractivity contribution in [2.75, 3.05) is 36.8 Å². The summed E-state index contributed by atoms with van der Waals surface area (Å²) in [6.07, 6.45) is 2.57. The molecule has 1 fully saturated rings. The van der Waals surface area contributed by atoms with E-state index < -0.39 is 11.8 Å². The predicted octanol–water partition coefficient (Wildman–Crippen LogP) is 6.06. The van der Waals surface area contributed by atoms with Crippen LogP contribution in [0.1, 0.15) is 29.5 Å².